The number of amides is 1. The zero-order chi connectivity index (χ0) is 21.0. The number of benzene rings is 2. The van der Waals surface area contributed by atoms with E-state index in [0.29, 0.717) is 0 Å². The zero-order valence-corrected chi connectivity index (χ0v) is 18.9. The van der Waals surface area contributed by atoms with Gasteiger partial charge < -0.3 is 10.6 Å². The van der Waals surface area contributed by atoms with E-state index in [1.807, 2.05) is 43.6 Å². The van der Waals surface area contributed by atoms with Gasteiger partial charge in [0.2, 0.25) is 5.91 Å². The Morgan fingerprint density at radius 1 is 1.07 bits per heavy atom. The number of carbonyl (C=O) groups excluding carboxylic acids is 1. The summed E-state index contributed by atoms with van der Waals surface area (Å²) in [6.07, 6.45) is 1.92. The van der Waals surface area contributed by atoms with Gasteiger partial charge in [-0.05, 0) is 69.1 Å². The predicted molar refractivity (Wildman–Crippen MR) is 126 cm³/mol. The molecular weight excluding hydrogens is 400 g/mol. The quantitative estimate of drug-likeness (QED) is 0.430. The van der Waals surface area contributed by atoms with Crippen LogP contribution in [-0.4, -0.2) is 23.5 Å². The monoisotopic (exact) mass is 426 g/mol. The Morgan fingerprint density at radius 3 is 2.38 bits per heavy atom. The largest absolute Gasteiger partial charge is 0.388 e. The number of rotatable bonds is 6. The Hall–Kier alpha value is -2.35. The summed E-state index contributed by atoms with van der Waals surface area (Å²) in [7, 11) is 1.91. The van der Waals surface area contributed by atoms with Gasteiger partial charge >= 0.3 is 0 Å². The van der Waals surface area contributed by atoms with Gasteiger partial charge in [0.05, 0.1) is 4.88 Å². The van der Waals surface area contributed by atoms with Crippen molar-refractivity contribution >= 4 is 40.6 Å². The first-order valence-corrected chi connectivity index (χ1v) is 11.0. The lowest BCUT2D eigenvalue weighted by Crippen LogP contribution is -2.29. The van der Waals surface area contributed by atoms with Gasteiger partial charge in [-0.2, -0.15) is 0 Å². The van der Waals surface area contributed by atoms with Crippen molar-refractivity contribution in [2.45, 2.75) is 38.1 Å². The summed E-state index contributed by atoms with van der Waals surface area (Å²) in [6, 6.07) is 14.2. The van der Waals surface area contributed by atoms with Crippen LogP contribution in [0.2, 0.25) is 0 Å². The van der Waals surface area contributed by atoms with Crippen molar-refractivity contribution in [2.75, 3.05) is 17.7 Å². The molecule has 7 heteroatoms. The van der Waals surface area contributed by atoms with E-state index in [-0.39, 0.29) is 11.4 Å². The van der Waals surface area contributed by atoms with Crippen LogP contribution in [0.15, 0.2) is 53.6 Å². The molecule has 3 rings (SSSR count). The summed E-state index contributed by atoms with van der Waals surface area (Å²) >= 11 is 3.23. The van der Waals surface area contributed by atoms with E-state index in [1.54, 1.807) is 23.3 Å². The molecule has 152 valence electrons. The van der Waals surface area contributed by atoms with Gasteiger partial charge in [0.25, 0.3) is 0 Å². The molecule has 1 aromatic heterocycles. The Morgan fingerprint density at radius 2 is 1.76 bits per heavy atom. The third-order valence-electron chi connectivity index (χ3n) is 3.96. The first kappa shape index (κ1) is 21.4. The van der Waals surface area contributed by atoms with Crippen molar-refractivity contribution < 1.29 is 4.79 Å². The molecule has 29 heavy (non-hydrogen) atoms. The average molecular weight is 427 g/mol. The minimum atomic E-state index is -0.0810. The Labute approximate surface area is 180 Å². The topological polar surface area (TPSA) is 66.0 Å². The second-order valence-corrected chi connectivity index (χ2v) is 9.58. The van der Waals surface area contributed by atoms with Crippen LogP contribution in [0.1, 0.15) is 27.7 Å². The van der Waals surface area contributed by atoms with Gasteiger partial charge in [0, 0.05) is 53.1 Å². The van der Waals surface area contributed by atoms with Crippen molar-refractivity contribution in [3.05, 3.63) is 48.7 Å². The predicted octanol–water partition coefficient (Wildman–Crippen LogP) is 5.87. The molecule has 1 heterocycles. The lowest BCUT2D eigenvalue weighted by molar-refractivity contribution is -0.114. The Kier molecular flexibility index (Phi) is 6.62. The van der Waals surface area contributed by atoms with Gasteiger partial charge in [0.15, 0.2) is 0 Å². The summed E-state index contributed by atoms with van der Waals surface area (Å²) in [6.45, 7) is 7.88. The fourth-order valence-corrected chi connectivity index (χ4v) is 4.53. The fraction of sp³-hybridized carbons (Fsp3) is 0.273. The number of hydrogen-bond acceptors (Lipinski definition) is 6. The van der Waals surface area contributed by atoms with Crippen molar-refractivity contribution in [3.63, 3.8) is 0 Å². The average Bonchev–Trinajstić information content (AvgIpc) is 3.15. The van der Waals surface area contributed by atoms with Crippen LogP contribution in [0.4, 0.5) is 11.4 Å². The van der Waals surface area contributed by atoms with Gasteiger partial charge in [-0.3, -0.25) is 9.52 Å². The molecule has 0 aliphatic carbocycles. The number of anilines is 2. The molecule has 0 saturated heterocycles. The SMILES string of the molecule is CNc1ccc(-c2ncc(-c3ccc(NC(C)=O)cc3SNC(C)(C)C)s2)cc1. The molecule has 1 amide bonds. The second kappa shape index (κ2) is 8.98. The van der Waals surface area contributed by atoms with Crippen LogP contribution in [-0.2, 0) is 4.79 Å². The van der Waals surface area contributed by atoms with Crippen molar-refractivity contribution in [2.24, 2.45) is 0 Å². The van der Waals surface area contributed by atoms with E-state index in [9.17, 15) is 4.79 Å². The summed E-state index contributed by atoms with van der Waals surface area (Å²) in [5.74, 6) is -0.0810. The molecule has 3 N–H and O–H groups in total. The summed E-state index contributed by atoms with van der Waals surface area (Å²) in [4.78, 5) is 18.2. The van der Waals surface area contributed by atoms with Crippen LogP contribution in [0, 0.1) is 0 Å². The summed E-state index contributed by atoms with van der Waals surface area (Å²) < 4.78 is 3.46. The number of nitrogens with zero attached hydrogens (tertiary/aromatic N) is 1. The van der Waals surface area contributed by atoms with Gasteiger partial charge in [-0.15, -0.1) is 11.3 Å². The van der Waals surface area contributed by atoms with Crippen molar-refractivity contribution in [1.29, 1.82) is 0 Å². The molecule has 3 aromatic rings. The first-order chi connectivity index (χ1) is 13.7. The normalized spacial score (nSPS) is 11.3. The van der Waals surface area contributed by atoms with Gasteiger partial charge in [0.1, 0.15) is 5.01 Å². The molecule has 0 aliphatic rings. The van der Waals surface area contributed by atoms with Crippen LogP contribution in [0.3, 0.4) is 0 Å². The second-order valence-electron chi connectivity index (χ2n) is 7.70. The molecule has 0 fully saturated rings. The van der Waals surface area contributed by atoms with E-state index >= 15 is 0 Å². The van der Waals surface area contributed by atoms with Crippen LogP contribution < -0.4 is 15.4 Å². The lowest BCUT2D eigenvalue weighted by atomic mass is 10.1. The number of hydrogen-bond donors (Lipinski definition) is 3. The molecule has 2 aromatic carbocycles. The highest BCUT2D eigenvalue weighted by molar-refractivity contribution is 7.97. The molecule has 0 spiro atoms. The van der Waals surface area contributed by atoms with Gasteiger partial charge in [-0.1, -0.05) is 6.07 Å². The van der Waals surface area contributed by atoms with E-state index in [4.69, 9.17) is 0 Å². The number of nitrogens with one attached hydrogen (secondary N) is 3. The first-order valence-electron chi connectivity index (χ1n) is 9.35. The smallest absolute Gasteiger partial charge is 0.221 e. The van der Waals surface area contributed by atoms with E-state index < -0.39 is 0 Å². The fourth-order valence-electron chi connectivity index (χ4n) is 2.61. The maximum Gasteiger partial charge on any atom is 0.221 e. The lowest BCUT2D eigenvalue weighted by Gasteiger charge is -2.20. The Bertz CT molecular complexity index is 991. The Balaban J connectivity index is 1.93. The minimum absolute atomic E-state index is 0.0418. The highest BCUT2D eigenvalue weighted by atomic mass is 32.2. The maximum absolute atomic E-state index is 11.5. The molecule has 0 atom stereocenters. The third-order valence-corrected chi connectivity index (χ3v) is 6.31. The highest BCUT2D eigenvalue weighted by Gasteiger charge is 2.15. The van der Waals surface area contributed by atoms with Crippen LogP contribution in [0.5, 0.6) is 0 Å². The molecule has 0 unspecified atom stereocenters. The van der Waals surface area contributed by atoms with Crippen molar-refractivity contribution in [1.82, 2.24) is 9.71 Å². The molecular formula is C22H26N4OS2. The molecule has 0 radical (unpaired) electrons. The number of thiazole rings is 1. The number of aromatic nitrogens is 1. The van der Waals surface area contributed by atoms with Crippen LogP contribution >= 0.6 is 23.3 Å². The third kappa shape index (κ3) is 5.82. The minimum Gasteiger partial charge on any atom is -0.388 e. The highest BCUT2D eigenvalue weighted by Crippen LogP contribution is 2.38. The van der Waals surface area contributed by atoms with E-state index in [2.05, 4.69) is 53.2 Å². The van der Waals surface area contributed by atoms with Gasteiger partial charge in [-0.25, -0.2) is 4.98 Å². The molecule has 5 nitrogen and oxygen atoms in total. The molecule has 0 bridgehead atoms. The van der Waals surface area contributed by atoms with E-state index in [1.165, 1.54) is 6.92 Å². The van der Waals surface area contributed by atoms with Crippen molar-refractivity contribution in [3.8, 4) is 21.0 Å². The summed E-state index contributed by atoms with van der Waals surface area (Å²) in [5, 5.41) is 6.98. The standard InChI is InChI=1S/C22H26N4OS2/c1-14(27)25-17-10-11-18(19(12-17)29-26-22(2,3)4)20-13-24-21(28-20)15-6-8-16(23-5)9-7-15/h6-13,23,26H,1-5H3,(H,25,27). The zero-order valence-electron chi connectivity index (χ0n) is 17.3. The molecule has 0 aliphatic heterocycles. The van der Waals surface area contributed by atoms with E-state index in [0.717, 1.165) is 37.3 Å². The number of carbonyl (C=O) groups is 1. The molecule has 0 saturated carbocycles. The van der Waals surface area contributed by atoms with Crippen LogP contribution in [0.25, 0.3) is 21.0 Å². The summed E-state index contributed by atoms with van der Waals surface area (Å²) in [5.41, 5.74) is 4.01. The maximum atomic E-state index is 11.5.